The highest BCUT2D eigenvalue weighted by Crippen LogP contribution is 2.43. The third-order valence-corrected chi connectivity index (χ3v) is 10.5. The number of pyridine rings is 2. The molecular weight excluding hydrogens is 637 g/mol. The predicted octanol–water partition coefficient (Wildman–Crippen LogP) is 6.84. The molecule has 1 aliphatic carbocycles. The molecule has 1 aliphatic heterocycles. The van der Waals surface area contributed by atoms with Crippen LogP contribution in [0.1, 0.15) is 49.2 Å². The average Bonchev–Trinajstić information content (AvgIpc) is 3.06. The van der Waals surface area contributed by atoms with Gasteiger partial charge in [0.25, 0.3) is 15.9 Å². The Labute approximate surface area is 280 Å². The number of amides is 1. The minimum atomic E-state index is -4.19. The summed E-state index contributed by atoms with van der Waals surface area (Å²) in [5, 5.41) is 0.746. The van der Waals surface area contributed by atoms with Crippen molar-refractivity contribution in [1.82, 2.24) is 19.6 Å². The van der Waals surface area contributed by atoms with E-state index in [4.69, 9.17) is 11.6 Å². The molecule has 1 fully saturated rings. The number of carbonyl (C=O) groups is 1. The molecule has 0 spiro atoms. The van der Waals surface area contributed by atoms with Crippen molar-refractivity contribution in [2.45, 2.75) is 38.0 Å². The molecule has 0 bridgehead atoms. The largest absolute Gasteiger partial charge is 0.369 e. The zero-order valence-corrected chi connectivity index (χ0v) is 28.0. The predicted molar refractivity (Wildman–Crippen MR) is 183 cm³/mol. The molecule has 47 heavy (non-hydrogen) atoms. The van der Waals surface area contributed by atoms with Gasteiger partial charge in [-0.25, -0.2) is 22.5 Å². The minimum absolute atomic E-state index is 0.0495. The van der Waals surface area contributed by atoms with Crippen molar-refractivity contribution in [3.8, 4) is 11.3 Å². The Balaban J connectivity index is 1.08. The van der Waals surface area contributed by atoms with Crippen molar-refractivity contribution < 1.29 is 17.6 Å². The first kappa shape index (κ1) is 32.8. The fourth-order valence-corrected chi connectivity index (χ4v) is 7.34. The summed E-state index contributed by atoms with van der Waals surface area (Å²) >= 11 is 6.17. The first-order chi connectivity index (χ1) is 22.5. The molecule has 2 aromatic carbocycles. The number of hydrogen-bond acceptors (Lipinski definition) is 7. The quantitative estimate of drug-likeness (QED) is 0.219. The smallest absolute Gasteiger partial charge is 0.283 e. The summed E-state index contributed by atoms with van der Waals surface area (Å²) in [6.07, 6.45) is 6.26. The monoisotopic (exact) mass is 673 g/mol. The number of nitrogens with zero attached hydrogens (tertiary/aromatic N) is 4. The van der Waals surface area contributed by atoms with Crippen molar-refractivity contribution >= 4 is 38.8 Å². The Bertz CT molecular complexity index is 1890. The molecule has 0 radical (unpaired) electrons. The van der Waals surface area contributed by atoms with Gasteiger partial charge in [-0.05, 0) is 96.5 Å². The first-order valence-electron chi connectivity index (χ1n) is 15.7. The van der Waals surface area contributed by atoms with E-state index in [-0.39, 0.29) is 21.7 Å². The van der Waals surface area contributed by atoms with Gasteiger partial charge in [-0.2, -0.15) is 0 Å². The summed E-state index contributed by atoms with van der Waals surface area (Å²) in [7, 11) is -4.19. The maximum absolute atomic E-state index is 14.4. The van der Waals surface area contributed by atoms with Gasteiger partial charge in [0.05, 0.1) is 4.90 Å². The number of rotatable bonds is 8. The van der Waals surface area contributed by atoms with E-state index in [1.165, 1.54) is 47.7 Å². The molecule has 6 rings (SSSR count). The number of aromatic nitrogens is 2. The third-order valence-electron chi connectivity index (χ3n) is 8.94. The molecule has 4 aromatic rings. The zero-order valence-electron chi connectivity index (χ0n) is 26.4. The molecule has 0 saturated carbocycles. The van der Waals surface area contributed by atoms with Crippen LogP contribution in [-0.4, -0.2) is 61.9 Å². The third kappa shape index (κ3) is 7.72. The standard InChI is InChI=1S/C36H37ClFN5O3S/c1-36(2)16-13-27(31(23-36)25-3-5-28(37)6-4-25)24-42-19-21-43(22-20-42)29-7-9-30(10-8-29)47(45,46)41-35(44)33-12-11-32(38)34(40-33)26-14-17-39-18-15-26/h3-12,14-15,17-18H,13,16,19-24H2,1-2H3,(H,41,44). The van der Waals surface area contributed by atoms with Crippen molar-refractivity contribution in [3.05, 3.63) is 113 Å². The maximum Gasteiger partial charge on any atom is 0.283 e. The van der Waals surface area contributed by atoms with Crippen molar-refractivity contribution in [2.24, 2.45) is 5.41 Å². The number of piperazine rings is 1. The number of sulfonamides is 1. The van der Waals surface area contributed by atoms with Gasteiger partial charge in [-0.1, -0.05) is 43.2 Å². The molecule has 1 N–H and O–H groups in total. The second-order valence-corrected chi connectivity index (χ2v) is 15.0. The van der Waals surface area contributed by atoms with E-state index in [0.29, 0.717) is 5.56 Å². The Hall–Kier alpha value is -4.12. The lowest BCUT2D eigenvalue weighted by atomic mass is 9.72. The summed E-state index contributed by atoms with van der Waals surface area (Å²) < 4.78 is 42.6. The van der Waals surface area contributed by atoms with E-state index in [1.54, 1.807) is 24.3 Å². The first-order valence-corrected chi connectivity index (χ1v) is 17.5. The summed E-state index contributed by atoms with van der Waals surface area (Å²) in [6, 6.07) is 20.0. The highest BCUT2D eigenvalue weighted by atomic mass is 35.5. The second kappa shape index (κ2) is 13.5. The molecule has 2 aromatic heterocycles. The highest BCUT2D eigenvalue weighted by Gasteiger charge is 2.29. The number of anilines is 1. The Morgan fingerprint density at radius 2 is 1.60 bits per heavy atom. The molecule has 8 nitrogen and oxygen atoms in total. The van der Waals surface area contributed by atoms with E-state index >= 15 is 0 Å². The molecule has 244 valence electrons. The number of allylic oxidation sites excluding steroid dienone is 1. The van der Waals surface area contributed by atoms with Crippen LogP contribution in [0.3, 0.4) is 0 Å². The lowest BCUT2D eigenvalue weighted by Crippen LogP contribution is -2.47. The van der Waals surface area contributed by atoms with Crippen LogP contribution in [0.25, 0.3) is 16.8 Å². The fraction of sp³-hybridized carbons (Fsp3) is 0.306. The van der Waals surface area contributed by atoms with E-state index in [0.717, 1.165) is 68.4 Å². The lowest BCUT2D eigenvalue weighted by Gasteiger charge is -2.39. The van der Waals surface area contributed by atoms with Crippen LogP contribution in [0.15, 0.2) is 95.7 Å². The Kier molecular flexibility index (Phi) is 9.46. The molecule has 0 atom stereocenters. The lowest BCUT2D eigenvalue weighted by molar-refractivity contribution is 0.0976. The molecule has 1 saturated heterocycles. The molecule has 1 amide bonds. The normalized spacial score (nSPS) is 17.1. The summed E-state index contributed by atoms with van der Waals surface area (Å²) in [5.41, 5.74) is 5.51. The van der Waals surface area contributed by atoms with Crippen LogP contribution in [0.5, 0.6) is 0 Å². The second-order valence-electron chi connectivity index (χ2n) is 12.9. The number of benzene rings is 2. The van der Waals surface area contributed by atoms with Crippen molar-refractivity contribution in [3.63, 3.8) is 0 Å². The molecule has 3 heterocycles. The zero-order chi connectivity index (χ0) is 33.2. The van der Waals surface area contributed by atoms with Crippen LogP contribution in [0.2, 0.25) is 5.02 Å². The topological polar surface area (TPSA) is 95.5 Å². The van der Waals surface area contributed by atoms with Gasteiger partial charge in [0.2, 0.25) is 0 Å². The van der Waals surface area contributed by atoms with Crippen molar-refractivity contribution in [1.29, 1.82) is 0 Å². The van der Waals surface area contributed by atoms with Gasteiger partial charge in [-0.15, -0.1) is 0 Å². The van der Waals surface area contributed by atoms with Crippen LogP contribution in [0, 0.1) is 11.2 Å². The number of halogens is 2. The van der Waals surface area contributed by atoms with Gasteiger partial charge in [-0.3, -0.25) is 14.7 Å². The van der Waals surface area contributed by atoms with Gasteiger partial charge in [0, 0.05) is 61.4 Å². The van der Waals surface area contributed by atoms with Gasteiger partial charge in [0.15, 0.2) is 0 Å². The van der Waals surface area contributed by atoms with Gasteiger partial charge < -0.3 is 4.90 Å². The average molecular weight is 674 g/mol. The Morgan fingerprint density at radius 3 is 2.28 bits per heavy atom. The summed E-state index contributed by atoms with van der Waals surface area (Å²) in [6.45, 7) is 9.02. The highest BCUT2D eigenvalue weighted by molar-refractivity contribution is 7.90. The van der Waals surface area contributed by atoms with Gasteiger partial charge >= 0.3 is 0 Å². The van der Waals surface area contributed by atoms with Crippen LogP contribution >= 0.6 is 11.6 Å². The van der Waals surface area contributed by atoms with E-state index < -0.39 is 21.7 Å². The van der Waals surface area contributed by atoms with E-state index in [9.17, 15) is 17.6 Å². The minimum Gasteiger partial charge on any atom is -0.369 e. The van der Waals surface area contributed by atoms with Crippen LogP contribution in [-0.2, 0) is 10.0 Å². The summed E-state index contributed by atoms with van der Waals surface area (Å²) in [4.78, 5) is 25.5. The summed E-state index contributed by atoms with van der Waals surface area (Å²) in [5.74, 6) is -1.58. The molecule has 11 heteroatoms. The van der Waals surface area contributed by atoms with Crippen LogP contribution < -0.4 is 9.62 Å². The fourth-order valence-electron chi connectivity index (χ4n) is 6.25. The van der Waals surface area contributed by atoms with E-state index in [2.05, 4.69) is 50.5 Å². The van der Waals surface area contributed by atoms with Crippen molar-refractivity contribution in [2.75, 3.05) is 37.6 Å². The molecular formula is C36H37ClFN5O3S. The van der Waals surface area contributed by atoms with Gasteiger partial charge in [0.1, 0.15) is 17.2 Å². The molecule has 2 aliphatic rings. The molecule has 0 unspecified atom stereocenters. The number of nitrogens with one attached hydrogen (secondary N) is 1. The van der Waals surface area contributed by atoms with E-state index in [1.807, 2.05) is 12.1 Å². The Morgan fingerprint density at radius 1 is 0.915 bits per heavy atom. The number of hydrogen-bond donors (Lipinski definition) is 1. The van der Waals surface area contributed by atoms with Crippen LogP contribution in [0.4, 0.5) is 10.1 Å². The maximum atomic E-state index is 14.4. The number of carbonyl (C=O) groups excluding carboxylic acids is 1. The SMILES string of the molecule is CC1(C)CCC(CN2CCN(c3ccc(S(=O)(=O)NC(=O)c4ccc(F)c(-c5ccncc5)n4)cc3)CC2)=C(c2ccc(Cl)cc2)C1.